The number of carbonyl (C=O) groups excluding carboxylic acids is 1. The monoisotopic (exact) mass is 244 g/mol. The smallest absolute Gasteiger partial charge is 0.338 e. The predicted molar refractivity (Wildman–Crippen MR) is 61.3 cm³/mol. The first-order valence-corrected chi connectivity index (χ1v) is 5.99. The summed E-state index contributed by atoms with van der Waals surface area (Å²) < 4.78 is 0. The first-order chi connectivity index (χ1) is 8.09. The Bertz CT molecular complexity index is 264. The number of carboxylic acids is 1. The minimum atomic E-state index is -1.12. The van der Waals surface area contributed by atoms with Crippen LogP contribution in [0.15, 0.2) is 0 Å². The lowest BCUT2D eigenvalue weighted by Gasteiger charge is -2.28. The number of hydroxylamine groups is 1. The molecule has 1 saturated carbocycles. The number of amides is 2. The van der Waals surface area contributed by atoms with Gasteiger partial charge in [0.1, 0.15) is 0 Å². The third-order valence-electron chi connectivity index (χ3n) is 3.08. The number of aliphatic carboxylic acids is 1. The van der Waals surface area contributed by atoms with E-state index >= 15 is 0 Å². The van der Waals surface area contributed by atoms with Crippen molar-refractivity contribution in [3.63, 3.8) is 0 Å². The lowest BCUT2D eigenvalue weighted by atomic mass is 9.85. The van der Waals surface area contributed by atoms with Crippen LogP contribution in [-0.4, -0.2) is 29.8 Å². The van der Waals surface area contributed by atoms with E-state index in [1.165, 1.54) is 19.3 Å². The van der Waals surface area contributed by atoms with Gasteiger partial charge in [0.2, 0.25) is 0 Å². The summed E-state index contributed by atoms with van der Waals surface area (Å²) in [6.45, 7) is 1.43. The largest absolute Gasteiger partial charge is 0.479 e. The lowest BCUT2D eigenvalue weighted by Crippen LogP contribution is -2.44. The summed E-state index contributed by atoms with van der Waals surface area (Å²) in [6.07, 6.45) is 5.98. The third-order valence-corrected chi connectivity index (χ3v) is 3.08. The van der Waals surface area contributed by atoms with Gasteiger partial charge in [0.05, 0.1) is 0 Å². The highest BCUT2D eigenvalue weighted by molar-refractivity contribution is 5.73. The maximum atomic E-state index is 11.3. The minimum Gasteiger partial charge on any atom is -0.479 e. The molecule has 3 N–H and O–H groups in total. The summed E-state index contributed by atoms with van der Waals surface area (Å²) in [4.78, 5) is 26.0. The van der Waals surface area contributed by atoms with Gasteiger partial charge in [-0.3, -0.25) is 4.84 Å². The minimum absolute atomic E-state index is 0.0868. The van der Waals surface area contributed by atoms with Crippen LogP contribution in [0.5, 0.6) is 0 Å². The van der Waals surface area contributed by atoms with Gasteiger partial charge in [-0.1, -0.05) is 19.3 Å². The third kappa shape index (κ3) is 5.53. The normalized spacial score (nSPS) is 18.4. The zero-order chi connectivity index (χ0) is 12.7. The van der Waals surface area contributed by atoms with E-state index in [2.05, 4.69) is 15.6 Å². The van der Waals surface area contributed by atoms with Crippen molar-refractivity contribution < 1.29 is 19.5 Å². The van der Waals surface area contributed by atoms with Crippen molar-refractivity contribution >= 4 is 12.0 Å². The number of nitrogens with one attached hydrogen (secondary N) is 2. The summed E-state index contributed by atoms with van der Waals surface area (Å²) in [5.41, 5.74) is 2.05. The summed E-state index contributed by atoms with van der Waals surface area (Å²) >= 11 is 0. The molecule has 1 atom stereocenters. The number of carbonyl (C=O) groups is 2. The molecule has 1 rings (SSSR count). The summed E-state index contributed by atoms with van der Waals surface area (Å²) in [6, 6.07) is -0.395. The second kappa shape index (κ2) is 7.11. The molecule has 0 aromatic rings. The van der Waals surface area contributed by atoms with Crippen LogP contribution in [0.25, 0.3) is 0 Å². The van der Waals surface area contributed by atoms with Crippen LogP contribution in [-0.2, 0) is 9.63 Å². The Kier molecular flexibility index (Phi) is 5.76. The number of urea groups is 1. The maximum Gasteiger partial charge on any atom is 0.338 e. The Morgan fingerprint density at radius 3 is 2.59 bits per heavy atom. The van der Waals surface area contributed by atoms with Gasteiger partial charge in [0, 0.05) is 6.04 Å². The molecule has 1 unspecified atom stereocenters. The van der Waals surface area contributed by atoms with Crippen LogP contribution in [0, 0.1) is 5.92 Å². The van der Waals surface area contributed by atoms with Crippen molar-refractivity contribution in [2.75, 3.05) is 6.61 Å². The standard InChI is InChI=1S/C11H20N2O4/c1-8(9-5-3-2-4-6-9)12-11(16)13-17-7-10(14)15/h8-9H,2-7H2,1H3,(H,14,15)(H2,12,13,16). The van der Waals surface area contributed by atoms with Gasteiger partial charge in [-0.15, -0.1) is 0 Å². The second-order valence-corrected chi connectivity index (χ2v) is 4.44. The van der Waals surface area contributed by atoms with Gasteiger partial charge in [0.25, 0.3) is 0 Å². The molecule has 1 aliphatic carbocycles. The van der Waals surface area contributed by atoms with Crippen LogP contribution >= 0.6 is 0 Å². The molecule has 0 radical (unpaired) electrons. The molecule has 98 valence electrons. The Labute approximate surface area is 101 Å². The highest BCUT2D eigenvalue weighted by atomic mass is 16.7. The summed E-state index contributed by atoms with van der Waals surface area (Å²) in [7, 11) is 0. The van der Waals surface area contributed by atoms with E-state index in [0.29, 0.717) is 5.92 Å². The molecule has 0 heterocycles. The fraction of sp³-hybridized carbons (Fsp3) is 0.818. The molecule has 6 heteroatoms. The van der Waals surface area contributed by atoms with Crippen LogP contribution in [0.1, 0.15) is 39.0 Å². The summed E-state index contributed by atoms with van der Waals surface area (Å²) in [5.74, 6) is -0.611. The van der Waals surface area contributed by atoms with E-state index in [9.17, 15) is 9.59 Å². The van der Waals surface area contributed by atoms with E-state index < -0.39 is 18.6 Å². The zero-order valence-corrected chi connectivity index (χ0v) is 10.1. The van der Waals surface area contributed by atoms with Gasteiger partial charge in [-0.2, -0.15) is 0 Å². The van der Waals surface area contributed by atoms with Gasteiger partial charge < -0.3 is 10.4 Å². The van der Waals surface area contributed by atoms with Gasteiger partial charge >= 0.3 is 12.0 Å². The highest BCUT2D eigenvalue weighted by Crippen LogP contribution is 2.26. The second-order valence-electron chi connectivity index (χ2n) is 4.44. The number of rotatable bonds is 5. The van der Waals surface area contributed by atoms with Crippen molar-refractivity contribution in [2.45, 2.75) is 45.1 Å². The quantitative estimate of drug-likeness (QED) is 0.635. The van der Waals surface area contributed by atoms with E-state index in [0.717, 1.165) is 12.8 Å². The molecule has 0 aromatic heterocycles. The van der Waals surface area contributed by atoms with Crippen molar-refractivity contribution in [2.24, 2.45) is 5.92 Å². The van der Waals surface area contributed by atoms with Crippen molar-refractivity contribution in [1.29, 1.82) is 0 Å². The fourth-order valence-corrected chi connectivity index (χ4v) is 2.15. The van der Waals surface area contributed by atoms with Gasteiger partial charge in [0.15, 0.2) is 6.61 Å². The Morgan fingerprint density at radius 2 is 2.00 bits per heavy atom. The topological polar surface area (TPSA) is 87.7 Å². The Balaban J connectivity index is 2.18. The SMILES string of the molecule is CC(NC(=O)NOCC(=O)O)C1CCCCC1. The predicted octanol–water partition coefficient (Wildman–Crippen LogP) is 1.27. The molecule has 0 aromatic carbocycles. The molecule has 1 aliphatic rings. The number of carboxylic acid groups (broad SMARTS) is 1. The number of hydrogen-bond donors (Lipinski definition) is 3. The summed E-state index contributed by atoms with van der Waals surface area (Å²) in [5, 5.41) is 11.1. The molecule has 0 bridgehead atoms. The van der Waals surface area contributed by atoms with Gasteiger partial charge in [-0.05, 0) is 25.7 Å². The van der Waals surface area contributed by atoms with Crippen LogP contribution in [0.2, 0.25) is 0 Å². The van der Waals surface area contributed by atoms with Crippen molar-refractivity contribution in [3.8, 4) is 0 Å². The van der Waals surface area contributed by atoms with Crippen LogP contribution in [0.3, 0.4) is 0 Å². The molecule has 0 spiro atoms. The zero-order valence-electron chi connectivity index (χ0n) is 10.1. The molecule has 0 saturated heterocycles. The molecular weight excluding hydrogens is 224 g/mol. The average molecular weight is 244 g/mol. The van der Waals surface area contributed by atoms with Crippen molar-refractivity contribution in [1.82, 2.24) is 10.8 Å². The van der Waals surface area contributed by atoms with E-state index in [1.807, 2.05) is 6.92 Å². The lowest BCUT2D eigenvalue weighted by molar-refractivity contribution is -0.144. The van der Waals surface area contributed by atoms with Gasteiger partial charge in [-0.25, -0.2) is 15.1 Å². The number of hydrogen-bond acceptors (Lipinski definition) is 3. The molecular formula is C11H20N2O4. The Hall–Kier alpha value is -1.30. The molecule has 1 fully saturated rings. The molecule has 17 heavy (non-hydrogen) atoms. The van der Waals surface area contributed by atoms with E-state index in [4.69, 9.17) is 5.11 Å². The van der Waals surface area contributed by atoms with E-state index in [-0.39, 0.29) is 6.04 Å². The first kappa shape index (κ1) is 13.8. The highest BCUT2D eigenvalue weighted by Gasteiger charge is 2.21. The fourth-order valence-electron chi connectivity index (χ4n) is 2.15. The first-order valence-electron chi connectivity index (χ1n) is 5.99. The molecule has 6 nitrogen and oxygen atoms in total. The molecule has 2 amide bonds. The Morgan fingerprint density at radius 1 is 1.35 bits per heavy atom. The van der Waals surface area contributed by atoms with Crippen molar-refractivity contribution in [3.05, 3.63) is 0 Å². The van der Waals surface area contributed by atoms with Crippen LogP contribution in [0.4, 0.5) is 4.79 Å². The maximum absolute atomic E-state index is 11.3. The average Bonchev–Trinajstić information content (AvgIpc) is 2.29. The van der Waals surface area contributed by atoms with Crippen LogP contribution < -0.4 is 10.8 Å². The molecule has 0 aliphatic heterocycles. The van der Waals surface area contributed by atoms with E-state index in [1.54, 1.807) is 0 Å².